The van der Waals surface area contributed by atoms with Crippen molar-refractivity contribution in [2.75, 3.05) is 13.2 Å². The minimum absolute atomic E-state index is 0.144. The van der Waals surface area contributed by atoms with E-state index in [9.17, 15) is 30.3 Å². The van der Waals surface area contributed by atoms with E-state index >= 15 is 0 Å². The topological polar surface area (TPSA) is 149 Å². The van der Waals surface area contributed by atoms with E-state index in [0.717, 1.165) is 77.0 Å². The third-order valence-corrected chi connectivity index (χ3v) is 14.8. The SMILES string of the molecule is CC/C=C\C/C=C\C/C=C\CCCCCCCC(=O)NC(COC1OC(CO)C(O)C(O)C1O)C(O)CCCCCCCCCCCCCCCCCCCCCCCCCCCCCCCCCCC. The molecule has 9 nitrogen and oxygen atoms in total. The summed E-state index contributed by atoms with van der Waals surface area (Å²) in [6.07, 6.45) is 60.6. The van der Waals surface area contributed by atoms with Crippen LogP contribution in [0.5, 0.6) is 0 Å². The third-order valence-electron chi connectivity index (χ3n) is 14.8. The molecule has 0 radical (unpaired) electrons. The van der Waals surface area contributed by atoms with Crippen molar-refractivity contribution in [1.29, 1.82) is 0 Å². The lowest BCUT2D eigenvalue weighted by atomic mass is 9.99. The monoisotopic (exact) mass is 1000 g/mol. The summed E-state index contributed by atoms with van der Waals surface area (Å²) < 4.78 is 11.3. The van der Waals surface area contributed by atoms with Gasteiger partial charge in [-0.15, -0.1) is 0 Å². The molecule has 71 heavy (non-hydrogen) atoms. The van der Waals surface area contributed by atoms with E-state index in [1.807, 2.05) is 0 Å². The van der Waals surface area contributed by atoms with Crippen molar-refractivity contribution in [1.82, 2.24) is 5.32 Å². The number of amides is 1. The first-order valence-electron chi connectivity index (χ1n) is 30.7. The Hall–Kier alpha value is -1.59. The van der Waals surface area contributed by atoms with E-state index in [1.54, 1.807) is 0 Å². The molecule has 7 atom stereocenters. The van der Waals surface area contributed by atoms with Gasteiger partial charge in [-0.1, -0.05) is 281 Å². The second kappa shape index (κ2) is 51.9. The van der Waals surface area contributed by atoms with Crippen LogP contribution in [-0.4, -0.2) is 87.5 Å². The van der Waals surface area contributed by atoms with Crippen LogP contribution in [-0.2, 0) is 14.3 Å². The number of aliphatic hydroxyl groups is 5. The lowest BCUT2D eigenvalue weighted by Gasteiger charge is -2.40. The van der Waals surface area contributed by atoms with Crippen molar-refractivity contribution in [2.45, 2.75) is 339 Å². The summed E-state index contributed by atoms with van der Waals surface area (Å²) in [5, 5.41) is 54.7. The maximum Gasteiger partial charge on any atom is 0.220 e. The summed E-state index contributed by atoms with van der Waals surface area (Å²) in [5.41, 5.74) is 0. The third kappa shape index (κ3) is 41.4. The van der Waals surface area contributed by atoms with Crippen LogP contribution in [0.25, 0.3) is 0 Å². The first kappa shape index (κ1) is 67.4. The summed E-state index contributed by atoms with van der Waals surface area (Å²) in [6.45, 7) is 3.74. The van der Waals surface area contributed by atoms with E-state index in [1.165, 1.54) is 193 Å². The standard InChI is InChI=1S/C62H117NO8/c1-3-5-7-9-11-13-15-17-19-20-21-22-23-24-25-26-27-28-29-30-31-32-33-34-35-36-38-39-41-43-45-47-49-51-56(65)55(54-70-62-61(69)60(68)59(67)57(53-64)71-62)63-58(66)52-50-48-46-44-42-40-37-18-16-14-12-10-8-6-4-2/h6,8,12,14,18,37,55-57,59-62,64-65,67-69H,3-5,7,9-11,13,15-17,19-36,38-54H2,1-2H3,(H,63,66)/b8-6-,14-12-,37-18-. The fraction of sp³-hybridized carbons (Fsp3) is 0.887. The molecule has 0 saturated carbocycles. The van der Waals surface area contributed by atoms with E-state index < -0.39 is 49.5 Å². The highest BCUT2D eigenvalue weighted by atomic mass is 16.7. The molecular formula is C62H117NO8. The number of ether oxygens (including phenoxy) is 2. The molecular weight excluding hydrogens is 887 g/mol. The van der Waals surface area contributed by atoms with Crippen molar-refractivity contribution in [3.63, 3.8) is 0 Å². The predicted molar refractivity (Wildman–Crippen MR) is 300 cm³/mol. The second-order valence-corrected chi connectivity index (χ2v) is 21.5. The van der Waals surface area contributed by atoms with Gasteiger partial charge in [0.15, 0.2) is 6.29 Å². The Balaban J connectivity index is 2.10. The number of carbonyl (C=O) groups excluding carboxylic acids is 1. The molecule has 418 valence electrons. The number of aliphatic hydroxyl groups excluding tert-OH is 5. The Labute approximate surface area is 438 Å². The molecule has 0 aliphatic carbocycles. The van der Waals surface area contributed by atoms with Crippen LogP contribution in [0.15, 0.2) is 36.5 Å². The number of hydrogen-bond acceptors (Lipinski definition) is 8. The van der Waals surface area contributed by atoms with Crippen LogP contribution in [0.4, 0.5) is 0 Å². The lowest BCUT2D eigenvalue weighted by molar-refractivity contribution is -0.302. The van der Waals surface area contributed by atoms with Gasteiger partial charge in [-0.25, -0.2) is 0 Å². The molecule has 7 unspecified atom stereocenters. The van der Waals surface area contributed by atoms with Crippen molar-refractivity contribution in [2.24, 2.45) is 0 Å². The Kier molecular flexibility index (Phi) is 49.3. The molecule has 1 heterocycles. The van der Waals surface area contributed by atoms with E-state index in [2.05, 4.69) is 55.6 Å². The van der Waals surface area contributed by atoms with Gasteiger partial charge in [0.1, 0.15) is 24.4 Å². The lowest BCUT2D eigenvalue weighted by Crippen LogP contribution is -2.60. The molecule has 1 rings (SSSR count). The van der Waals surface area contributed by atoms with Crippen LogP contribution in [0.2, 0.25) is 0 Å². The number of unbranched alkanes of at least 4 members (excludes halogenated alkanes) is 37. The highest BCUT2D eigenvalue weighted by Crippen LogP contribution is 2.23. The largest absolute Gasteiger partial charge is 0.394 e. The first-order chi connectivity index (χ1) is 34.8. The zero-order chi connectivity index (χ0) is 51.5. The van der Waals surface area contributed by atoms with Gasteiger partial charge in [0.25, 0.3) is 0 Å². The second-order valence-electron chi connectivity index (χ2n) is 21.5. The zero-order valence-corrected chi connectivity index (χ0v) is 46.5. The summed E-state index contributed by atoms with van der Waals surface area (Å²) in [7, 11) is 0. The molecule has 1 amide bonds. The fourth-order valence-corrected chi connectivity index (χ4v) is 9.94. The molecule has 1 aliphatic heterocycles. The molecule has 0 spiro atoms. The summed E-state index contributed by atoms with van der Waals surface area (Å²) in [4.78, 5) is 13.0. The molecule has 0 aromatic heterocycles. The normalized spacial score (nSPS) is 19.5. The van der Waals surface area contributed by atoms with Gasteiger partial charge < -0.3 is 40.3 Å². The Morgan fingerprint density at radius 2 is 0.873 bits per heavy atom. The predicted octanol–water partition coefficient (Wildman–Crippen LogP) is 15.5. The van der Waals surface area contributed by atoms with Gasteiger partial charge in [0.05, 0.1) is 25.4 Å². The van der Waals surface area contributed by atoms with Crippen molar-refractivity contribution < 1.29 is 39.8 Å². The van der Waals surface area contributed by atoms with Crippen LogP contribution < -0.4 is 5.32 Å². The highest BCUT2D eigenvalue weighted by Gasteiger charge is 2.44. The van der Waals surface area contributed by atoms with Gasteiger partial charge in [-0.3, -0.25) is 4.79 Å². The van der Waals surface area contributed by atoms with Crippen molar-refractivity contribution in [3.05, 3.63) is 36.5 Å². The molecule has 1 aliphatic rings. The minimum Gasteiger partial charge on any atom is -0.394 e. The quantitative estimate of drug-likeness (QED) is 0.0261. The molecule has 1 fully saturated rings. The Morgan fingerprint density at radius 3 is 1.30 bits per heavy atom. The maximum atomic E-state index is 13.0. The Bertz CT molecular complexity index is 1210. The molecule has 1 saturated heterocycles. The summed E-state index contributed by atoms with van der Waals surface area (Å²) in [5.74, 6) is -0.159. The Morgan fingerprint density at radius 1 is 0.493 bits per heavy atom. The van der Waals surface area contributed by atoms with Crippen molar-refractivity contribution in [3.8, 4) is 0 Å². The van der Waals surface area contributed by atoms with Crippen LogP contribution in [0.3, 0.4) is 0 Å². The van der Waals surface area contributed by atoms with Crippen molar-refractivity contribution >= 4 is 5.91 Å². The van der Waals surface area contributed by atoms with Gasteiger partial charge in [-0.05, 0) is 44.9 Å². The molecule has 6 N–H and O–H groups in total. The summed E-state index contributed by atoms with van der Waals surface area (Å²) >= 11 is 0. The minimum atomic E-state index is -1.56. The average molecular weight is 1000 g/mol. The molecule has 0 aromatic rings. The molecule has 0 bridgehead atoms. The number of nitrogens with one attached hydrogen (secondary N) is 1. The van der Waals surface area contributed by atoms with Crippen LogP contribution >= 0.6 is 0 Å². The average Bonchev–Trinajstić information content (AvgIpc) is 3.37. The first-order valence-corrected chi connectivity index (χ1v) is 30.7. The maximum absolute atomic E-state index is 13.0. The zero-order valence-electron chi connectivity index (χ0n) is 46.5. The summed E-state index contributed by atoms with van der Waals surface area (Å²) in [6, 6.07) is -0.729. The fourth-order valence-electron chi connectivity index (χ4n) is 9.94. The van der Waals surface area contributed by atoms with E-state index in [-0.39, 0.29) is 12.5 Å². The van der Waals surface area contributed by atoms with Gasteiger partial charge >= 0.3 is 0 Å². The highest BCUT2D eigenvalue weighted by molar-refractivity contribution is 5.76. The van der Waals surface area contributed by atoms with E-state index in [4.69, 9.17) is 9.47 Å². The molecule has 9 heteroatoms. The van der Waals surface area contributed by atoms with Crippen LogP contribution in [0.1, 0.15) is 296 Å². The number of allylic oxidation sites excluding steroid dienone is 6. The van der Waals surface area contributed by atoms with Gasteiger partial charge in [0.2, 0.25) is 5.91 Å². The smallest absolute Gasteiger partial charge is 0.220 e. The van der Waals surface area contributed by atoms with Gasteiger partial charge in [0, 0.05) is 6.42 Å². The number of carbonyl (C=O) groups is 1. The number of rotatable bonds is 53. The van der Waals surface area contributed by atoms with Crippen LogP contribution in [0, 0.1) is 0 Å². The molecule has 0 aromatic carbocycles. The number of hydrogen-bond donors (Lipinski definition) is 6. The van der Waals surface area contributed by atoms with Gasteiger partial charge in [-0.2, -0.15) is 0 Å². The van der Waals surface area contributed by atoms with E-state index in [0.29, 0.717) is 12.8 Å².